The van der Waals surface area contributed by atoms with Crippen LogP contribution in [0.2, 0.25) is 0 Å². The van der Waals surface area contributed by atoms with Crippen LogP contribution in [0.15, 0.2) is 46.9 Å². The molecule has 2 aromatic carbocycles. The lowest BCUT2D eigenvalue weighted by Gasteiger charge is -2.26. The van der Waals surface area contributed by atoms with Gasteiger partial charge in [-0.3, -0.25) is 0 Å². The van der Waals surface area contributed by atoms with Gasteiger partial charge in [-0.15, -0.1) is 0 Å². The maximum Gasteiger partial charge on any atom is 0.140 e. The standard InChI is InChI=1S/C18H22BrNO/c1-4-16(20)18(14-9-5-6-10-15(14)19)21-17-11-7-8-12(2)13(17)3/h5-11,16,18H,4,20H2,1-3H3. The Labute approximate surface area is 135 Å². The van der Waals surface area contributed by atoms with Gasteiger partial charge in [-0.05, 0) is 43.5 Å². The van der Waals surface area contributed by atoms with E-state index in [0.717, 1.165) is 27.8 Å². The highest BCUT2D eigenvalue weighted by Crippen LogP contribution is 2.32. The molecule has 112 valence electrons. The van der Waals surface area contributed by atoms with Crippen molar-refractivity contribution in [1.82, 2.24) is 0 Å². The van der Waals surface area contributed by atoms with Crippen LogP contribution in [0.3, 0.4) is 0 Å². The minimum Gasteiger partial charge on any atom is -0.484 e. The lowest BCUT2D eigenvalue weighted by molar-refractivity contribution is 0.169. The molecule has 0 radical (unpaired) electrons. The number of aryl methyl sites for hydroxylation is 1. The summed E-state index contributed by atoms with van der Waals surface area (Å²) in [6.45, 7) is 6.26. The maximum absolute atomic E-state index is 6.31. The smallest absolute Gasteiger partial charge is 0.140 e. The molecule has 0 spiro atoms. The van der Waals surface area contributed by atoms with Crippen molar-refractivity contribution in [3.05, 3.63) is 63.6 Å². The van der Waals surface area contributed by atoms with Crippen LogP contribution in [-0.2, 0) is 0 Å². The number of hydrogen-bond donors (Lipinski definition) is 1. The summed E-state index contributed by atoms with van der Waals surface area (Å²) >= 11 is 3.61. The molecular weight excluding hydrogens is 326 g/mol. The second kappa shape index (κ2) is 7.10. The molecule has 2 nitrogen and oxygen atoms in total. The fraction of sp³-hybridized carbons (Fsp3) is 0.333. The molecule has 0 aliphatic rings. The first-order valence-electron chi connectivity index (χ1n) is 7.27. The molecule has 2 N–H and O–H groups in total. The highest BCUT2D eigenvalue weighted by Gasteiger charge is 2.23. The number of rotatable bonds is 5. The second-order valence-corrected chi connectivity index (χ2v) is 6.18. The summed E-state index contributed by atoms with van der Waals surface area (Å²) in [5.74, 6) is 0.902. The van der Waals surface area contributed by atoms with Crippen molar-refractivity contribution in [2.75, 3.05) is 0 Å². The van der Waals surface area contributed by atoms with E-state index in [0.29, 0.717) is 0 Å². The van der Waals surface area contributed by atoms with Crippen molar-refractivity contribution in [3.63, 3.8) is 0 Å². The van der Waals surface area contributed by atoms with E-state index in [1.54, 1.807) is 0 Å². The van der Waals surface area contributed by atoms with Gasteiger partial charge in [-0.1, -0.05) is 53.2 Å². The minimum atomic E-state index is -0.161. The fourth-order valence-corrected chi connectivity index (χ4v) is 2.80. The molecule has 0 aromatic heterocycles. The number of ether oxygens (including phenoxy) is 1. The lowest BCUT2D eigenvalue weighted by Crippen LogP contribution is -2.31. The SMILES string of the molecule is CCC(N)C(Oc1cccc(C)c1C)c1ccccc1Br. The maximum atomic E-state index is 6.31. The number of benzene rings is 2. The van der Waals surface area contributed by atoms with Gasteiger partial charge in [0.2, 0.25) is 0 Å². The zero-order valence-electron chi connectivity index (χ0n) is 12.8. The molecule has 0 aliphatic carbocycles. The van der Waals surface area contributed by atoms with Crippen LogP contribution < -0.4 is 10.5 Å². The predicted octanol–water partition coefficient (Wildman–Crippen LogP) is 4.92. The molecule has 2 unspecified atom stereocenters. The fourth-order valence-electron chi connectivity index (χ4n) is 2.29. The highest BCUT2D eigenvalue weighted by atomic mass is 79.9. The van der Waals surface area contributed by atoms with Crippen LogP contribution in [-0.4, -0.2) is 6.04 Å². The van der Waals surface area contributed by atoms with Crippen LogP contribution in [0.4, 0.5) is 0 Å². The molecule has 2 aromatic rings. The first kappa shape index (κ1) is 16.1. The van der Waals surface area contributed by atoms with E-state index in [1.165, 1.54) is 5.56 Å². The highest BCUT2D eigenvalue weighted by molar-refractivity contribution is 9.10. The second-order valence-electron chi connectivity index (χ2n) is 5.33. The van der Waals surface area contributed by atoms with Gasteiger partial charge in [0.25, 0.3) is 0 Å². The molecule has 21 heavy (non-hydrogen) atoms. The van der Waals surface area contributed by atoms with Gasteiger partial charge in [0.15, 0.2) is 0 Å². The Bertz CT molecular complexity index is 612. The molecule has 0 amide bonds. The zero-order valence-corrected chi connectivity index (χ0v) is 14.4. The Morgan fingerprint density at radius 2 is 1.81 bits per heavy atom. The third-order valence-electron chi connectivity index (χ3n) is 3.88. The molecular formula is C18H22BrNO. The van der Waals surface area contributed by atoms with Gasteiger partial charge in [0.1, 0.15) is 11.9 Å². The van der Waals surface area contributed by atoms with Crippen LogP contribution in [0.25, 0.3) is 0 Å². The van der Waals surface area contributed by atoms with Gasteiger partial charge < -0.3 is 10.5 Å². The molecule has 0 saturated heterocycles. The van der Waals surface area contributed by atoms with Gasteiger partial charge >= 0.3 is 0 Å². The molecule has 0 aliphatic heterocycles. The molecule has 3 heteroatoms. The minimum absolute atomic E-state index is 0.0522. The van der Waals surface area contributed by atoms with E-state index in [2.05, 4.69) is 48.8 Å². The summed E-state index contributed by atoms with van der Waals surface area (Å²) in [7, 11) is 0. The molecule has 0 saturated carbocycles. The first-order valence-corrected chi connectivity index (χ1v) is 8.06. The Hall–Kier alpha value is -1.32. The van der Waals surface area contributed by atoms with Gasteiger partial charge in [0.05, 0.1) is 0 Å². The van der Waals surface area contributed by atoms with Gasteiger partial charge in [-0.2, -0.15) is 0 Å². The Morgan fingerprint density at radius 1 is 1.10 bits per heavy atom. The van der Waals surface area contributed by atoms with Crippen LogP contribution >= 0.6 is 15.9 Å². The van der Waals surface area contributed by atoms with E-state index in [1.807, 2.05) is 30.3 Å². The van der Waals surface area contributed by atoms with Crippen molar-refractivity contribution in [3.8, 4) is 5.75 Å². The summed E-state index contributed by atoms with van der Waals surface area (Å²) in [5, 5.41) is 0. The third kappa shape index (κ3) is 3.66. The Kier molecular flexibility index (Phi) is 5.43. The summed E-state index contributed by atoms with van der Waals surface area (Å²) in [6.07, 6.45) is 0.697. The van der Waals surface area contributed by atoms with Crippen LogP contribution in [0, 0.1) is 13.8 Å². The number of nitrogens with two attached hydrogens (primary N) is 1. The average Bonchev–Trinajstić information content (AvgIpc) is 2.49. The van der Waals surface area contributed by atoms with Crippen molar-refractivity contribution >= 4 is 15.9 Å². The average molecular weight is 348 g/mol. The monoisotopic (exact) mass is 347 g/mol. The molecule has 2 atom stereocenters. The summed E-state index contributed by atoms with van der Waals surface area (Å²) in [6, 6.07) is 14.2. The van der Waals surface area contributed by atoms with Crippen molar-refractivity contribution < 1.29 is 4.74 Å². The van der Waals surface area contributed by atoms with Crippen molar-refractivity contribution in [2.45, 2.75) is 39.3 Å². The summed E-state index contributed by atoms with van der Waals surface area (Å²) < 4.78 is 7.32. The van der Waals surface area contributed by atoms with Gasteiger partial charge in [0, 0.05) is 16.1 Å². The number of halogens is 1. The van der Waals surface area contributed by atoms with E-state index in [4.69, 9.17) is 10.5 Å². The largest absolute Gasteiger partial charge is 0.484 e. The van der Waals surface area contributed by atoms with E-state index in [-0.39, 0.29) is 12.1 Å². The topological polar surface area (TPSA) is 35.2 Å². The first-order chi connectivity index (χ1) is 10.0. The molecule has 0 bridgehead atoms. The molecule has 0 fully saturated rings. The van der Waals surface area contributed by atoms with Crippen molar-refractivity contribution in [2.24, 2.45) is 5.73 Å². The van der Waals surface area contributed by atoms with E-state index >= 15 is 0 Å². The third-order valence-corrected chi connectivity index (χ3v) is 4.60. The number of hydrogen-bond acceptors (Lipinski definition) is 2. The Balaban J connectivity index is 2.38. The van der Waals surface area contributed by atoms with E-state index < -0.39 is 0 Å². The predicted molar refractivity (Wildman–Crippen MR) is 91.7 cm³/mol. The van der Waals surface area contributed by atoms with Crippen LogP contribution in [0.5, 0.6) is 5.75 Å². The quantitative estimate of drug-likeness (QED) is 0.832. The summed E-state index contributed by atoms with van der Waals surface area (Å²) in [4.78, 5) is 0. The van der Waals surface area contributed by atoms with Gasteiger partial charge in [-0.25, -0.2) is 0 Å². The summed E-state index contributed by atoms with van der Waals surface area (Å²) in [5.41, 5.74) is 9.79. The Morgan fingerprint density at radius 3 is 2.48 bits per heavy atom. The normalized spacial score (nSPS) is 13.8. The van der Waals surface area contributed by atoms with E-state index in [9.17, 15) is 0 Å². The van der Waals surface area contributed by atoms with Crippen molar-refractivity contribution in [1.29, 1.82) is 0 Å². The molecule has 0 heterocycles. The zero-order chi connectivity index (χ0) is 15.4. The lowest BCUT2D eigenvalue weighted by atomic mass is 10.0. The molecule has 2 rings (SSSR count). The van der Waals surface area contributed by atoms with Crippen LogP contribution in [0.1, 0.15) is 36.1 Å².